The molecule has 0 atom stereocenters. The predicted molar refractivity (Wildman–Crippen MR) is 73.2 cm³/mol. The monoisotopic (exact) mass is 274 g/mol. The zero-order valence-corrected chi connectivity index (χ0v) is 11.5. The summed E-state index contributed by atoms with van der Waals surface area (Å²) in [6, 6.07) is 6.95. The third-order valence-corrected chi connectivity index (χ3v) is 3.80. The fraction of sp³-hybridized carbons (Fsp3) is 0.467. The van der Waals surface area contributed by atoms with E-state index in [1.165, 1.54) is 0 Å². The molecule has 20 heavy (non-hydrogen) atoms. The number of hydrogen-bond donors (Lipinski definition) is 1. The van der Waals surface area contributed by atoms with Crippen molar-refractivity contribution in [2.75, 3.05) is 6.61 Å². The molecule has 2 aromatic rings. The van der Waals surface area contributed by atoms with Crippen molar-refractivity contribution in [2.45, 2.75) is 38.2 Å². The second kappa shape index (κ2) is 5.25. The van der Waals surface area contributed by atoms with Gasteiger partial charge in [-0.05, 0) is 44.7 Å². The summed E-state index contributed by atoms with van der Waals surface area (Å²) >= 11 is 0. The van der Waals surface area contributed by atoms with E-state index in [-0.39, 0.29) is 5.75 Å². The molecular weight excluding hydrogens is 256 g/mol. The van der Waals surface area contributed by atoms with Crippen molar-refractivity contribution in [3.63, 3.8) is 0 Å². The minimum Gasteiger partial charge on any atom is -0.507 e. The van der Waals surface area contributed by atoms with E-state index < -0.39 is 5.60 Å². The molecule has 0 amide bonds. The lowest BCUT2D eigenvalue weighted by atomic mass is 10.0. The number of ether oxygens (including phenoxy) is 1. The predicted octanol–water partition coefficient (Wildman–Crippen LogP) is 3.25. The summed E-state index contributed by atoms with van der Waals surface area (Å²) < 4.78 is 11.2. The normalized spacial score (nSPS) is 17.4. The van der Waals surface area contributed by atoms with Crippen molar-refractivity contribution >= 4 is 0 Å². The van der Waals surface area contributed by atoms with Crippen LogP contribution in [-0.2, 0) is 10.3 Å². The number of phenolic OH excluding ortho intramolecular Hbond substituents is 1. The molecule has 5 nitrogen and oxygen atoms in total. The number of aromatic nitrogens is 2. The van der Waals surface area contributed by atoms with E-state index in [4.69, 9.17) is 9.26 Å². The summed E-state index contributed by atoms with van der Waals surface area (Å²) in [6.45, 7) is 2.60. The van der Waals surface area contributed by atoms with Crippen molar-refractivity contribution in [1.82, 2.24) is 10.1 Å². The molecule has 106 valence electrons. The quantitative estimate of drug-likeness (QED) is 0.926. The highest BCUT2D eigenvalue weighted by Crippen LogP contribution is 2.41. The number of hydrogen-bond acceptors (Lipinski definition) is 5. The smallest absolute Gasteiger partial charge is 0.261 e. The van der Waals surface area contributed by atoms with Crippen molar-refractivity contribution in [3.05, 3.63) is 30.1 Å². The van der Waals surface area contributed by atoms with Crippen LogP contribution in [0.5, 0.6) is 5.75 Å². The van der Waals surface area contributed by atoms with Crippen LogP contribution in [0.3, 0.4) is 0 Å². The van der Waals surface area contributed by atoms with Crippen LogP contribution in [0, 0.1) is 0 Å². The third kappa shape index (κ3) is 2.18. The van der Waals surface area contributed by atoms with Gasteiger partial charge in [-0.3, -0.25) is 0 Å². The van der Waals surface area contributed by atoms with E-state index in [0.29, 0.717) is 23.9 Å². The molecule has 5 heteroatoms. The summed E-state index contributed by atoms with van der Waals surface area (Å²) in [5, 5.41) is 13.9. The third-order valence-electron chi connectivity index (χ3n) is 3.80. The molecule has 3 rings (SSSR count). The highest BCUT2D eigenvalue weighted by Gasteiger charge is 2.41. The number of phenols is 1. The molecular formula is C15H18N2O3. The first-order valence-corrected chi connectivity index (χ1v) is 7.02. The van der Waals surface area contributed by atoms with Crippen LogP contribution in [0.25, 0.3) is 11.5 Å². The zero-order valence-electron chi connectivity index (χ0n) is 11.5. The number of nitrogens with zero attached hydrogens (tertiary/aromatic N) is 2. The minimum atomic E-state index is -0.416. The topological polar surface area (TPSA) is 68.4 Å². The van der Waals surface area contributed by atoms with E-state index in [0.717, 1.165) is 25.7 Å². The summed E-state index contributed by atoms with van der Waals surface area (Å²) in [4.78, 5) is 4.45. The van der Waals surface area contributed by atoms with E-state index in [1.54, 1.807) is 18.2 Å². The molecule has 0 radical (unpaired) electrons. The molecule has 0 spiro atoms. The lowest BCUT2D eigenvalue weighted by Crippen LogP contribution is -2.27. The average molecular weight is 274 g/mol. The summed E-state index contributed by atoms with van der Waals surface area (Å²) in [5.41, 5.74) is 0.136. The Morgan fingerprint density at radius 2 is 2.05 bits per heavy atom. The van der Waals surface area contributed by atoms with E-state index >= 15 is 0 Å². The average Bonchev–Trinajstić information content (AvgIpc) is 3.09. The second-order valence-electron chi connectivity index (χ2n) is 5.07. The first-order valence-electron chi connectivity index (χ1n) is 7.02. The Morgan fingerprint density at radius 3 is 2.75 bits per heavy atom. The molecule has 1 heterocycles. The molecule has 0 bridgehead atoms. The van der Waals surface area contributed by atoms with Crippen molar-refractivity contribution in [3.8, 4) is 17.2 Å². The van der Waals surface area contributed by atoms with Gasteiger partial charge in [0.25, 0.3) is 5.89 Å². The first kappa shape index (κ1) is 13.1. The number of benzene rings is 1. The number of rotatable bonds is 4. The molecule has 1 fully saturated rings. The Morgan fingerprint density at radius 1 is 1.30 bits per heavy atom. The molecule has 1 aromatic carbocycles. The van der Waals surface area contributed by atoms with E-state index in [2.05, 4.69) is 10.1 Å². The van der Waals surface area contributed by atoms with E-state index in [1.807, 2.05) is 13.0 Å². The molecule has 0 aliphatic heterocycles. The maximum Gasteiger partial charge on any atom is 0.261 e. The Kier molecular flexibility index (Phi) is 3.44. The SMILES string of the molecule is CCOC1(c2noc(-c3ccccc3O)n2)CCCC1. The van der Waals surface area contributed by atoms with Gasteiger partial charge in [0.1, 0.15) is 11.4 Å². The molecule has 1 N–H and O–H groups in total. The number of para-hydroxylation sites is 1. The maximum atomic E-state index is 9.85. The molecule has 1 aromatic heterocycles. The lowest BCUT2D eigenvalue weighted by molar-refractivity contribution is -0.0469. The second-order valence-corrected chi connectivity index (χ2v) is 5.07. The van der Waals surface area contributed by atoms with Crippen molar-refractivity contribution < 1.29 is 14.4 Å². The molecule has 1 saturated carbocycles. The highest BCUT2D eigenvalue weighted by molar-refractivity contribution is 5.61. The van der Waals surface area contributed by atoms with Gasteiger partial charge in [0.05, 0.1) is 5.56 Å². The van der Waals surface area contributed by atoms with Gasteiger partial charge in [-0.25, -0.2) is 0 Å². The summed E-state index contributed by atoms with van der Waals surface area (Å²) in [7, 11) is 0. The molecule has 0 unspecified atom stereocenters. The fourth-order valence-electron chi connectivity index (χ4n) is 2.83. The van der Waals surface area contributed by atoms with Crippen molar-refractivity contribution in [2.24, 2.45) is 0 Å². The highest BCUT2D eigenvalue weighted by atomic mass is 16.5. The van der Waals surface area contributed by atoms with Gasteiger partial charge in [0.15, 0.2) is 0 Å². The van der Waals surface area contributed by atoms with Crippen LogP contribution in [-0.4, -0.2) is 21.9 Å². The Balaban J connectivity index is 1.95. The van der Waals surface area contributed by atoms with Crippen LogP contribution in [0.15, 0.2) is 28.8 Å². The van der Waals surface area contributed by atoms with Gasteiger partial charge in [-0.15, -0.1) is 0 Å². The fourth-order valence-corrected chi connectivity index (χ4v) is 2.83. The van der Waals surface area contributed by atoms with Crippen LogP contribution >= 0.6 is 0 Å². The largest absolute Gasteiger partial charge is 0.507 e. The summed E-state index contributed by atoms with van der Waals surface area (Å²) in [5.74, 6) is 1.07. The van der Waals surface area contributed by atoms with Gasteiger partial charge in [0.2, 0.25) is 5.82 Å². The lowest BCUT2D eigenvalue weighted by Gasteiger charge is -2.24. The van der Waals surface area contributed by atoms with Gasteiger partial charge in [-0.1, -0.05) is 17.3 Å². The first-order chi connectivity index (χ1) is 9.75. The standard InChI is InChI=1S/C15H18N2O3/c1-2-19-15(9-5-6-10-15)14-16-13(20-17-14)11-7-3-4-8-12(11)18/h3-4,7-8,18H,2,5-6,9-10H2,1H3. The Hall–Kier alpha value is -1.88. The van der Waals surface area contributed by atoms with Crippen LogP contribution in [0.4, 0.5) is 0 Å². The van der Waals surface area contributed by atoms with E-state index in [9.17, 15) is 5.11 Å². The maximum absolute atomic E-state index is 9.85. The zero-order chi connectivity index (χ0) is 14.0. The van der Waals surface area contributed by atoms with Crippen LogP contribution in [0.2, 0.25) is 0 Å². The molecule has 1 aliphatic carbocycles. The van der Waals surface area contributed by atoms with Gasteiger partial charge in [-0.2, -0.15) is 4.98 Å². The van der Waals surface area contributed by atoms with Gasteiger partial charge < -0.3 is 14.4 Å². The Bertz CT molecular complexity index is 588. The number of aromatic hydroxyl groups is 1. The van der Waals surface area contributed by atoms with Crippen LogP contribution < -0.4 is 0 Å². The van der Waals surface area contributed by atoms with Crippen LogP contribution in [0.1, 0.15) is 38.4 Å². The van der Waals surface area contributed by atoms with Gasteiger partial charge in [0, 0.05) is 6.61 Å². The van der Waals surface area contributed by atoms with Gasteiger partial charge >= 0.3 is 0 Å². The molecule has 0 saturated heterocycles. The molecule has 1 aliphatic rings. The minimum absolute atomic E-state index is 0.139. The summed E-state index contributed by atoms with van der Waals surface area (Å²) in [6.07, 6.45) is 4.06. The Labute approximate surface area is 117 Å². The van der Waals surface area contributed by atoms with Crippen molar-refractivity contribution in [1.29, 1.82) is 0 Å².